The van der Waals surface area contributed by atoms with Crippen LogP contribution in [0.1, 0.15) is 12.8 Å². The Morgan fingerprint density at radius 3 is 2.64 bits per heavy atom. The van der Waals surface area contributed by atoms with E-state index in [0.717, 1.165) is 34.5 Å². The summed E-state index contributed by atoms with van der Waals surface area (Å²) in [7, 11) is -4.31. The van der Waals surface area contributed by atoms with Gasteiger partial charge < -0.3 is 11.1 Å². The minimum absolute atomic E-state index is 0.0872. The first-order chi connectivity index (χ1) is 17.3. The Balaban J connectivity index is 1.39. The number of nitrogens with two attached hydrogens (primary N) is 1. The summed E-state index contributed by atoms with van der Waals surface area (Å²) in [6, 6.07) is 12.3. The lowest BCUT2D eigenvalue weighted by Gasteiger charge is -2.32. The van der Waals surface area contributed by atoms with Gasteiger partial charge in [-0.05, 0) is 52.9 Å². The normalized spacial score (nSPS) is 16.9. The molecule has 1 atom stereocenters. The number of nitrogen functional groups attached to an aromatic ring is 1. The molecule has 3 heterocycles. The van der Waals surface area contributed by atoms with Gasteiger partial charge >= 0.3 is 0 Å². The highest BCUT2D eigenvalue weighted by Gasteiger charge is 2.34. The van der Waals surface area contributed by atoms with Gasteiger partial charge in [0.1, 0.15) is 17.5 Å². The van der Waals surface area contributed by atoms with Crippen LogP contribution >= 0.6 is 15.9 Å². The summed E-state index contributed by atoms with van der Waals surface area (Å²) in [6.45, 7) is 0.764. The number of hydrogen-bond donors (Lipinski definition) is 2. The van der Waals surface area contributed by atoms with Gasteiger partial charge in [0, 0.05) is 37.0 Å². The first-order valence-corrected chi connectivity index (χ1v) is 13.6. The summed E-state index contributed by atoms with van der Waals surface area (Å²) in [5, 5.41) is 7.74. The highest BCUT2D eigenvalue weighted by molar-refractivity contribution is 9.10. The van der Waals surface area contributed by atoms with Gasteiger partial charge in [-0.3, -0.25) is 0 Å². The number of benzene rings is 2. The second kappa shape index (κ2) is 9.75. The minimum Gasteiger partial charge on any atom is -0.398 e. The Morgan fingerprint density at radius 2 is 1.89 bits per heavy atom. The van der Waals surface area contributed by atoms with Crippen LogP contribution in [0.5, 0.6) is 0 Å². The summed E-state index contributed by atoms with van der Waals surface area (Å²) in [4.78, 5) is 3.79. The Labute approximate surface area is 215 Å². The molecule has 2 aromatic heterocycles. The Morgan fingerprint density at radius 1 is 1.14 bits per heavy atom. The van der Waals surface area contributed by atoms with Crippen LogP contribution in [0, 0.1) is 17.6 Å². The molecule has 188 valence electrons. The number of para-hydroxylation sites is 1. The molecule has 1 aliphatic heterocycles. The molecule has 0 amide bonds. The van der Waals surface area contributed by atoms with Crippen LogP contribution in [0.25, 0.3) is 16.9 Å². The molecule has 0 saturated carbocycles. The average Bonchev–Trinajstić information content (AvgIpc) is 3.23. The fourth-order valence-corrected chi connectivity index (χ4v) is 6.46. The number of rotatable bonds is 6. The van der Waals surface area contributed by atoms with E-state index < -0.39 is 26.6 Å². The number of sulfonamides is 1. The number of halogens is 3. The zero-order chi connectivity index (χ0) is 25.4. The fraction of sp³-hybridized carbons (Fsp3) is 0.250. The van der Waals surface area contributed by atoms with E-state index in [1.54, 1.807) is 16.8 Å². The number of nitrogens with one attached hydrogen (secondary N) is 1. The molecule has 1 aliphatic rings. The molecular formula is C24H23BrF2N6O2S. The lowest BCUT2D eigenvalue weighted by atomic mass is 10.00. The van der Waals surface area contributed by atoms with Crippen molar-refractivity contribution in [3.05, 3.63) is 70.8 Å². The van der Waals surface area contributed by atoms with Gasteiger partial charge in [-0.1, -0.05) is 24.3 Å². The van der Waals surface area contributed by atoms with Crippen molar-refractivity contribution in [2.45, 2.75) is 17.7 Å². The van der Waals surface area contributed by atoms with Crippen LogP contribution < -0.4 is 11.1 Å². The number of piperidine rings is 1. The fourth-order valence-electron chi connectivity index (χ4n) is 4.45. The van der Waals surface area contributed by atoms with Crippen molar-refractivity contribution in [3.63, 3.8) is 0 Å². The Hall–Kier alpha value is -3.09. The van der Waals surface area contributed by atoms with Crippen LogP contribution in [0.2, 0.25) is 0 Å². The zero-order valence-corrected chi connectivity index (χ0v) is 21.4. The molecule has 36 heavy (non-hydrogen) atoms. The number of anilines is 2. The third kappa shape index (κ3) is 4.56. The molecule has 0 aliphatic carbocycles. The molecule has 1 saturated heterocycles. The smallest absolute Gasteiger partial charge is 0.248 e. The second-order valence-corrected chi connectivity index (χ2v) is 11.4. The van der Waals surface area contributed by atoms with Crippen LogP contribution in [0.15, 0.2) is 64.1 Å². The maximum Gasteiger partial charge on any atom is 0.248 e. The number of hydrogen-bond acceptors (Lipinski definition) is 6. The maximum atomic E-state index is 14.2. The van der Waals surface area contributed by atoms with Gasteiger partial charge in [0.2, 0.25) is 10.0 Å². The summed E-state index contributed by atoms with van der Waals surface area (Å²) in [5.74, 6) is -1.61. The first-order valence-electron chi connectivity index (χ1n) is 11.3. The van der Waals surface area contributed by atoms with Crippen LogP contribution in [-0.2, 0) is 10.0 Å². The van der Waals surface area contributed by atoms with Crippen LogP contribution in [0.4, 0.5) is 20.3 Å². The van der Waals surface area contributed by atoms with Crippen molar-refractivity contribution in [1.82, 2.24) is 18.9 Å². The molecule has 0 bridgehead atoms. The van der Waals surface area contributed by atoms with Crippen LogP contribution in [0.3, 0.4) is 0 Å². The molecule has 0 spiro atoms. The molecule has 2 aromatic carbocycles. The number of aromatic nitrogens is 3. The summed E-state index contributed by atoms with van der Waals surface area (Å²) in [5.41, 5.74) is 8.79. The average molecular weight is 577 g/mol. The van der Waals surface area contributed by atoms with Crippen molar-refractivity contribution >= 4 is 43.1 Å². The standard InChI is InChI=1S/C24H23BrF2N6O2S/c25-17-13-30-33-22(11-21(31-24(17)33)16-6-1-2-9-20(16)28)29-12-15-5-4-10-32(14-15)36(34,35)23-18(26)7-3-8-19(23)27/h1-3,6-9,11,13,15,29H,4-5,10,12,14,28H2. The molecular weight excluding hydrogens is 554 g/mol. The number of fused-ring (bicyclic) bond motifs is 1. The molecule has 4 aromatic rings. The van der Waals surface area contributed by atoms with Gasteiger partial charge in [-0.15, -0.1) is 0 Å². The molecule has 1 fully saturated rings. The van der Waals surface area contributed by atoms with Crippen molar-refractivity contribution < 1.29 is 17.2 Å². The van der Waals surface area contributed by atoms with E-state index in [2.05, 4.69) is 26.3 Å². The van der Waals surface area contributed by atoms with Gasteiger partial charge in [-0.25, -0.2) is 22.2 Å². The zero-order valence-electron chi connectivity index (χ0n) is 19.0. The number of nitrogens with zero attached hydrogens (tertiary/aromatic N) is 4. The minimum atomic E-state index is -4.31. The lowest BCUT2D eigenvalue weighted by molar-refractivity contribution is 0.273. The van der Waals surface area contributed by atoms with E-state index >= 15 is 0 Å². The Kier molecular flexibility index (Phi) is 6.66. The summed E-state index contributed by atoms with van der Waals surface area (Å²) >= 11 is 3.48. The molecule has 1 unspecified atom stereocenters. The van der Waals surface area contributed by atoms with Crippen molar-refractivity contribution in [1.29, 1.82) is 0 Å². The molecule has 8 nitrogen and oxygen atoms in total. The van der Waals surface area contributed by atoms with Crippen LogP contribution in [-0.4, -0.2) is 47.0 Å². The predicted octanol–water partition coefficient (Wildman–Crippen LogP) is 4.53. The van der Waals surface area contributed by atoms with Gasteiger partial charge in [0.25, 0.3) is 0 Å². The van der Waals surface area contributed by atoms with E-state index in [0.29, 0.717) is 40.3 Å². The topological polar surface area (TPSA) is 106 Å². The monoisotopic (exact) mass is 576 g/mol. The first kappa shape index (κ1) is 24.6. The van der Waals surface area contributed by atoms with Gasteiger partial charge in [0.15, 0.2) is 10.5 Å². The van der Waals surface area contributed by atoms with Gasteiger partial charge in [0.05, 0.1) is 16.4 Å². The van der Waals surface area contributed by atoms with E-state index in [-0.39, 0.29) is 19.0 Å². The maximum absolute atomic E-state index is 14.2. The Bertz CT molecular complexity index is 1520. The highest BCUT2D eigenvalue weighted by atomic mass is 79.9. The third-order valence-corrected chi connectivity index (χ3v) is 8.71. The van der Waals surface area contributed by atoms with Crippen molar-refractivity contribution in [3.8, 4) is 11.3 Å². The van der Waals surface area contributed by atoms with E-state index in [4.69, 9.17) is 10.7 Å². The molecule has 3 N–H and O–H groups in total. The van der Waals surface area contributed by atoms with Gasteiger partial charge in [-0.2, -0.15) is 13.9 Å². The highest BCUT2D eigenvalue weighted by Crippen LogP contribution is 2.30. The largest absolute Gasteiger partial charge is 0.398 e. The third-order valence-electron chi connectivity index (χ3n) is 6.24. The van der Waals surface area contributed by atoms with E-state index in [1.807, 2.05) is 24.3 Å². The summed E-state index contributed by atoms with van der Waals surface area (Å²) in [6.07, 6.45) is 2.98. The molecule has 0 radical (unpaired) electrons. The molecule has 5 rings (SSSR count). The van der Waals surface area contributed by atoms with E-state index in [9.17, 15) is 17.2 Å². The lowest BCUT2D eigenvalue weighted by Crippen LogP contribution is -2.42. The second-order valence-electron chi connectivity index (χ2n) is 8.64. The molecule has 12 heteroatoms. The van der Waals surface area contributed by atoms with Crippen molar-refractivity contribution in [2.24, 2.45) is 5.92 Å². The summed E-state index contributed by atoms with van der Waals surface area (Å²) < 4.78 is 58.1. The predicted molar refractivity (Wildman–Crippen MR) is 137 cm³/mol. The SMILES string of the molecule is Nc1ccccc1-c1cc(NCC2CCCN(S(=O)(=O)c3c(F)cccc3F)C2)n2ncc(Br)c2n1. The van der Waals surface area contributed by atoms with Crippen molar-refractivity contribution in [2.75, 3.05) is 30.7 Å². The quantitative estimate of drug-likeness (QED) is 0.327. The van der Waals surface area contributed by atoms with E-state index in [1.165, 1.54) is 0 Å².